The number of carboxylic acids is 1. The van der Waals surface area contributed by atoms with Gasteiger partial charge in [0.25, 0.3) is 0 Å². The van der Waals surface area contributed by atoms with Gasteiger partial charge in [-0.15, -0.1) is 0 Å². The fourth-order valence-corrected chi connectivity index (χ4v) is 6.67. The maximum atomic E-state index is 13.7. The molecule has 206 valence electrons. The monoisotopic (exact) mass is 573 g/mol. The molecular weight excluding hydrogens is 546 g/mol. The van der Waals surface area contributed by atoms with Gasteiger partial charge in [0, 0.05) is 17.3 Å². The van der Waals surface area contributed by atoms with E-state index in [0.717, 1.165) is 11.1 Å². The van der Waals surface area contributed by atoms with E-state index in [0.29, 0.717) is 17.0 Å². The maximum absolute atomic E-state index is 13.7. The third kappa shape index (κ3) is 5.45. The number of hydrogen-bond donors (Lipinski definition) is 2. The molecule has 2 aromatic heterocycles. The van der Waals surface area contributed by atoms with Crippen LogP contribution in [0, 0.1) is 13.8 Å². The number of pyridine rings is 1. The van der Waals surface area contributed by atoms with Crippen molar-refractivity contribution in [1.82, 2.24) is 15.0 Å². The van der Waals surface area contributed by atoms with Crippen molar-refractivity contribution in [3.8, 4) is 17.2 Å². The Hall–Kier alpha value is -3.97. The molecule has 2 unspecified atom stereocenters. The molecule has 0 aliphatic rings. The lowest BCUT2D eigenvalue weighted by molar-refractivity contribution is -0.144. The minimum Gasteiger partial charge on any atom is -0.496 e. The highest BCUT2D eigenvalue weighted by Crippen LogP contribution is 2.36. The molecule has 0 amide bonds. The van der Waals surface area contributed by atoms with Crippen LogP contribution in [0.15, 0.2) is 57.5 Å². The summed E-state index contributed by atoms with van der Waals surface area (Å²) in [7, 11) is -2.95. The molecule has 2 aromatic carbocycles. The first-order chi connectivity index (χ1) is 18.5. The van der Waals surface area contributed by atoms with E-state index in [-0.39, 0.29) is 37.7 Å². The number of H-pyrrole nitrogens is 1. The van der Waals surface area contributed by atoms with E-state index in [1.165, 1.54) is 44.4 Å². The van der Waals surface area contributed by atoms with E-state index in [4.69, 9.17) is 19.3 Å². The summed E-state index contributed by atoms with van der Waals surface area (Å²) < 4.78 is 56.8. The summed E-state index contributed by atoms with van der Waals surface area (Å²) >= 11 is 0. The van der Waals surface area contributed by atoms with Gasteiger partial charge in [0.05, 0.1) is 46.9 Å². The van der Waals surface area contributed by atoms with Crippen molar-refractivity contribution in [2.24, 2.45) is 0 Å². The Balaban J connectivity index is 1.72. The zero-order valence-electron chi connectivity index (χ0n) is 21.8. The maximum Gasteiger partial charge on any atom is 0.344 e. The summed E-state index contributed by atoms with van der Waals surface area (Å²) in [6.45, 7) is 5.06. The number of imidazole rings is 1. The number of fused-ring (bicyclic) bond motifs is 1. The first-order valence-electron chi connectivity index (χ1n) is 11.7. The highest BCUT2D eigenvalue weighted by Gasteiger charge is 2.28. The van der Waals surface area contributed by atoms with Crippen LogP contribution in [0.1, 0.15) is 23.7 Å². The molecule has 0 radical (unpaired) electrons. The Morgan fingerprint density at radius 3 is 2.41 bits per heavy atom. The van der Waals surface area contributed by atoms with Gasteiger partial charge in [0.1, 0.15) is 27.7 Å². The number of ether oxygens (including phenoxy) is 3. The largest absolute Gasteiger partial charge is 0.496 e. The lowest BCUT2D eigenvalue weighted by Gasteiger charge is -2.12. The van der Waals surface area contributed by atoms with Gasteiger partial charge < -0.3 is 24.3 Å². The van der Waals surface area contributed by atoms with Gasteiger partial charge in [-0.05, 0) is 57.2 Å². The first kappa shape index (κ1) is 28.0. The molecule has 0 spiro atoms. The van der Waals surface area contributed by atoms with Crippen LogP contribution >= 0.6 is 0 Å². The molecule has 11 nitrogen and oxygen atoms in total. The zero-order chi connectivity index (χ0) is 28.5. The molecule has 2 heterocycles. The lowest BCUT2D eigenvalue weighted by atomic mass is 10.1. The standard InChI is InChI=1S/C26H27N3O8S2/c1-14-12-27-20(15(2)23(14)36-5)13-38(32)26-28-19-10-11-21(35-4)24(22(19)29-26)39(33,34)18-8-6-17(7-9-18)37-16(3)25(30)31/h6-12,16H,13H2,1-5H3,(H,28,29)(H,30,31). The molecule has 0 aliphatic heterocycles. The van der Waals surface area contributed by atoms with Crippen molar-refractivity contribution >= 4 is 37.6 Å². The van der Waals surface area contributed by atoms with E-state index in [1.807, 2.05) is 13.8 Å². The van der Waals surface area contributed by atoms with E-state index < -0.39 is 32.7 Å². The second-order valence-corrected chi connectivity index (χ2v) is 11.9. The van der Waals surface area contributed by atoms with Gasteiger partial charge in [-0.2, -0.15) is 0 Å². The highest BCUT2D eigenvalue weighted by atomic mass is 32.2. The number of aryl methyl sites for hydroxylation is 1. The Morgan fingerprint density at radius 1 is 1.10 bits per heavy atom. The quantitative estimate of drug-likeness (QED) is 0.287. The van der Waals surface area contributed by atoms with Crippen LogP contribution in [0.3, 0.4) is 0 Å². The number of aromatic amines is 1. The third-order valence-corrected chi connectivity index (χ3v) is 9.05. The molecule has 0 bridgehead atoms. The van der Waals surface area contributed by atoms with E-state index in [9.17, 15) is 17.4 Å². The normalized spacial score (nSPS) is 13.2. The smallest absolute Gasteiger partial charge is 0.344 e. The number of carboxylic acid groups (broad SMARTS) is 1. The van der Waals surface area contributed by atoms with Gasteiger partial charge in [-0.1, -0.05) is 0 Å². The van der Waals surface area contributed by atoms with Crippen LogP contribution in [0.2, 0.25) is 0 Å². The van der Waals surface area contributed by atoms with E-state index >= 15 is 0 Å². The third-order valence-electron chi connectivity index (χ3n) is 6.07. The minimum atomic E-state index is -4.17. The molecule has 39 heavy (non-hydrogen) atoms. The van der Waals surface area contributed by atoms with Crippen LogP contribution in [-0.2, 0) is 31.2 Å². The van der Waals surface area contributed by atoms with Gasteiger partial charge in [-0.25, -0.2) is 18.2 Å². The van der Waals surface area contributed by atoms with Crippen molar-refractivity contribution in [3.63, 3.8) is 0 Å². The van der Waals surface area contributed by atoms with Crippen molar-refractivity contribution < 1.29 is 36.7 Å². The molecule has 4 aromatic rings. The van der Waals surface area contributed by atoms with Crippen molar-refractivity contribution in [2.75, 3.05) is 14.2 Å². The summed E-state index contributed by atoms with van der Waals surface area (Å²) in [4.78, 5) is 22.5. The van der Waals surface area contributed by atoms with E-state index in [1.54, 1.807) is 19.4 Å². The number of rotatable bonds is 10. The Labute approximate surface area is 227 Å². The van der Waals surface area contributed by atoms with Crippen LogP contribution in [0.4, 0.5) is 0 Å². The molecule has 0 aliphatic carbocycles. The van der Waals surface area contributed by atoms with Crippen LogP contribution in [0.5, 0.6) is 17.2 Å². The van der Waals surface area contributed by atoms with Crippen molar-refractivity contribution in [2.45, 2.75) is 47.6 Å². The lowest BCUT2D eigenvalue weighted by Crippen LogP contribution is -2.22. The molecule has 2 N–H and O–H groups in total. The van der Waals surface area contributed by atoms with Gasteiger partial charge in [0.2, 0.25) is 9.84 Å². The zero-order valence-corrected chi connectivity index (χ0v) is 23.5. The summed E-state index contributed by atoms with van der Waals surface area (Å²) in [5.74, 6) is -0.191. The number of hydrogen-bond acceptors (Lipinski definition) is 9. The Morgan fingerprint density at radius 2 is 1.79 bits per heavy atom. The number of sulfone groups is 1. The van der Waals surface area contributed by atoms with Crippen molar-refractivity contribution in [3.05, 3.63) is 59.4 Å². The number of methoxy groups -OCH3 is 2. The second-order valence-electron chi connectivity index (χ2n) is 8.64. The fourth-order valence-electron chi connectivity index (χ4n) is 4.02. The fraction of sp³-hybridized carbons (Fsp3) is 0.269. The summed E-state index contributed by atoms with van der Waals surface area (Å²) in [5.41, 5.74) is 2.62. The molecule has 2 atom stereocenters. The first-order valence-corrected chi connectivity index (χ1v) is 14.5. The number of nitrogens with zero attached hydrogens (tertiary/aromatic N) is 2. The van der Waals surface area contributed by atoms with Crippen LogP contribution in [-0.4, -0.2) is 59.0 Å². The Bertz CT molecular complexity index is 1680. The number of nitrogens with one attached hydrogen (secondary N) is 1. The van der Waals surface area contributed by atoms with Crippen LogP contribution < -0.4 is 14.2 Å². The summed E-state index contributed by atoms with van der Waals surface area (Å²) in [6.07, 6.45) is 0.537. The summed E-state index contributed by atoms with van der Waals surface area (Å²) in [6, 6.07) is 8.45. The molecule has 0 fully saturated rings. The summed E-state index contributed by atoms with van der Waals surface area (Å²) in [5, 5.41) is 9.12. The number of aromatic nitrogens is 3. The number of benzene rings is 2. The molecular formula is C26H27N3O8S2. The topological polar surface area (TPSA) is 158 Å². The molecule has 4 rings (SSSR count). The van der Waals surface area contributed by atoms with Crippen molar-refractivity contribution in [1.29, 1.82) is 0 Å². The minimum absolute atomic E-state index is 0.0394. The molecule has 13 heteroatoms. The van der Waals surface area contributed by atoms with Gasteiger partial charge in [0.15, 0.2) is 11.3 Å². The average molecular weight is 574 g/mol. The van der Waals surface area contributed by atoms with E-state index in [2.05, 4.69) is 15.0 Å². The SMILES string of the molecule is COc1ccc2[nH]c(S(=O)Cc3ncc(C)c(OC)c3C)nc2c1S(=O)(=O)c1ccc(OC(C)C(=O)O)cc1. The second kappa shape index (κ2) is 11.0. The molecule has 0 saturated heterocycles. The van der Waals surface area contributed by atoms with Gasteiger partial charge in [-0.3, -0.25) is 9.19 Å². The van der Waals surface area contributed by atoms with Crippen LogP contribution in [0.25, 0.3) is 11.0 Å². The van der Waals surface area contributed by atoms with Gasteiger partial charge >= 0.3 is 5.97 Å². The Kier molecular flexibility index (Phi) is 7.93. The highest BCUT2D eigenvalue weighted by molar-refractivity contribution is 7.91. The average Bonchev–Trinajstić information content (AvgIpc) is 3.34. The predicted molar refractivity (Wildman–Crippen MR) is 143 cm³/mol. The molecule has 0 saturated carbocycles. The number of carbonyl (C=O) groups is 1. The predicted octanol–water partition coefficient (Wildman–Crippen LogP) is 3.58. The number of aliphatic carboxylic acids is 1.